The predicted molar refractivity (Wildman–Crippen MR) is 80.5 cm³/mol. The molecule has 3 N–H and O–H groups in total. The summed E-state index contributed by atoms with van der Waals surface area (Å²) in [5.74, 6) is -0.255. The van der Waals surface area contributed by atoms with Crippen molar-refractivity contribution in [2.75, 3.05) is 30.9 Å². The molecule has 0 spiro atoms. The van der Waals surface area contributed by atoms with Crippen LogP contribution in [0.25, 0.3) is 0 Å². The first-order valence-electron chi connectivity index (χ1n) is 6.89. The Labute approximate surface area is 122 Å². The average molecular weight is 298 g/mol. The van der Waals surface area contributed by atoms with Crippen molar-refractivity contribution in [2.24, 2.45) is 0 Å². The molecule has 1 aromatic rings. The molecule has 0 aliphatic carbocycles. The Bertz CT molecular complexity index is 605. The van der Waals surface area contributed by atoms with E-state index in [1.165, 1.54) is 16.6 Å². The van der Waals surface area contributed by atoms with Crippen LogP contribution in [0, 0.1) is 0 Å². The van der Waals surface area contributed by atoms with Crippen LogP contribution in [0.15, 0.2) is 9.59 Å². The molecule has 1 amide bonds. The number of carbonyl (C=O) groups is 1. The third-order valence-corrected chi connectivity index (χ3v) is 3.05. The van der Waals surface area contributed by atoms with Gasteiger partial charge in [-0.1, -0.05) is 13.8 Å². The average Bonchev–Trinajstić information content (AvgIpc) is 2.45. The summed E-state index contributed by atoms with van der Waals surface area (Å²) in [6, 6.07) is 0. The van der Waals surface area contributed by atoms with Crippen LogP contribution < -0.4 is 21.9 Å². The molecule has 0 unspecified atom stereocenters. The van der Waals surface area contributed by atoms with E-state index in [4.69, 9.17) is 10.5 Å². The number of carbonyl (C=O) groups excluding carboxylic acids is 1. The van der Waals surface area contributed by atoms with Crippen LogP contribution in [-0.2, 0) is 16.1 Å². The lowest BCUT2D eigenvalue weighted by Crippen LogP contribution is -2.42. The van der Waals surface area contributed by atoms with E-state index in [9.17, 15) is 14.4 Å². The van der Waals surface area contributed by atoms with Gasteiger partial charge < -0.3 is 15.4 Å². The van der Waals surface area contributed by atoms with Crippen molar-refractivity contribution in [3.05, 3.63) is 20.8 Å². The van der Waals surface area contributed by atoms with Crippen molar-refractivity contribution in [3.8, 4) is 0 Å². The first-order valence-corrected chi connectivity index (χ1v) is 6.89. The van der Waals surface area contributed by atoms with Gasteiger partial charge in [0.1, 0.15) is 5.82 Å². The van der Waals surface area contributed by atoms with Gasteiger partial charge in [0, 0.05) is 26.6 Å². The number of H-pyrrole nitrogens is 1. The van der Waals surface area contributed by atoms with Crippen molar-refractivity contribution >= 4 is 17.4 Å². The van der Waals surface area contributed by atoms with E-state index in [1.54, 1.807) is 6.92 Å². The van der Waals surface area contributed by atoms with Gasteiger partial charge in [-0.25, -0.2) is 4.79 Å². The molecule has 0 saturated heterocycles. The minimum absolute atomic E-state index is 0.00324. The van der Waals surface area contributed by atoms with E-state index >= 15 is 0 Å². The number of amides is 1. The van der Waals surface area contributed by atoms with Crippen molar-refractivity contribution in [2.45, 2.75) is 33.2 Å². The number of rotatable bonds is 7. The zero-order chi connectivity index (χ0) is 16.0. The molecule has 8 heteroatoms. The predicted octanol–water partition coefficient (Wildman–Crippen LogP) is -0.0818. The number of nitrogen functional groups attached to an aromatic ring is 1. The summed E-state index contributed by atoms with van der Waals surface area (Å²) < 4.78 is 6.22. The maximum absolute atomic E-state index is 12.1. The number of nitrogens with two attached hydrogens (primary N) is 1. The topological polar surface area (TPSA) is 110 Å². The Hall–Kier alpha value is -2.09. The van der Waals surface area contributed by atoms with E-state index in [0.717, 1.165) is 0 Å². The van der Waals surface area contributed by atoms with Gasteiger partial charge in [0.25, 0.3) is 5.56 Å². The molecular weight excluding hydrogens is 276 g/mol. The number of methoxy groups -OCH3 is 1. The van der Waals surface area contributed by atoms with Crippen LogP contribution in [0.1, 0.15) is 26.7 Å². The van der Waals surface area contributed by atoms with E-state index in [-0.39, 0.29) is 37.0 Å². The van der Waals surface area contributed by atoms with Crippen LogP contribution in [-0.4, -0.2) is 35.7 Å². The standard InChI is InChI=1S/C13H22N4O4/c1-4-6-17-11(14)10(12(19)15-13(17)20)16(7-8-21-3)9(18)5-2/h4-8,14H2,1-3H3,(H,15,19,20). The highest BCUT2D eigenvalue weighted by atomic mass is 16.5. The highest BCUT2D eigenvalue weighted by Crippen LogP contribution is 2.17. The third-order valence-electron chi connectivity index (χ3n) is 3.05. The fourth-order valence-electron chi connectivity index (χ4n) is 2.02. The SMILES string of the molecule is CCCn1c(N)c(N(CCOC)C(=O)CC)c(=O)[nH]c1=O. The molecule has 0 atom stereocenters. The van der Waals surface area contributed by atoms with Crippen molar-refractivity contribution in [1.82, 2.24) is 9.55 Å². The molecule has 8 nitrogen and oxygen atoms in total. The number of hydrogen-bond donors (Lipinski definition) is 2. The molecule has 0 aliphatic heterocycles. The van der Waals surface area contributed by atoms with E-state index in [1.807, 2.05) is 6.92 Å². The molecule has 0 aliphatic rings. The molecule has 0 radical (unpaired) electrons. The highest BCUT2D eigenvalue weighted by Gasteiger charge is 2.22. The quantitative estimate of drug-likeness (QED) is 0.731. The summed E-state index contributed by atoms with van der Waals surface area (Å²) in [5.41, 5.74) is 4.72. The minimum Gasteiger partial charge on any atom is -0.383 e. The number of nitrogens with one attached hydrogen (secondary N) is 1. The van der Waals surface area contributed by atoms with Crippen LogP contribution in [0.4, 0.5) is 11.5 Å². The van der Waals surface area contributed by atoms with Gasteiger partial charge in [0.2, 0.25) is 5.91 Å². The van der Waals surface area contributed by atoms with E-state index < -0.39 is 11.2 Å². The monoisotopic (exact) mass is 298 g/mol. The van der Waals surface area contributed by atoms with Crippen LogP contribution in [0.2, 0.25) is 0 Å². The lowest BCUT2D eigenvalue weighted by atomic mass is 10.3. The van der Waals surface area contributed by atoms with Gasteiger partial charge in [-0.3, -0.25) is 19.1 Å². The first kappa shape index (κ1) is 17.0. The largest absolute Gasteiger partial charge is 0.383 e. The molecular formula is C13H22N4O4. The van der Waals surface area contributed by atoms with Gasteiger partial charge in [-0.05, 0) is 6.42 Å². The van der Waals surface area contributed by atoms with Gasteiger partial charge in [0.05, 0.1) is 6.61 Å². The number of aromatic amines is 1. The Morgan fingerprint density at radius 2 is 2.05 bits per heavy atom. The minimum atomic E-state index is -0.664. The fraction of sp³-hybridized carbons (Fsp3) is 0.615. The zero-order valence-corrected chi connectivity index (χ0v) is 12.6. The Morgan fingerprint density at radius 3 is 2.57 bits per heavy atom. The number of aromatic nitrogens is 2. The molecule has 0 bridgehead atoms. The molecule has 1 aromatic heterocycles. The lowest BCUT2D eigenvalue weighted by molar-refractivity contribution is -0.118. The maximum atomic E-state index is 12.1. The maximum Gasteiger partial charge on any atom is 0.330 e. The first-order chi connectivity index (χ1) is 9.97. The molecule has 21 heavy (non-hydrogen) atoms. The summed E-state index contributed by atoms with van der Waals surface area (Å²) in [4.78, 5) is 39.4. The number of ether oxygens (including phenoxy) is 1. The van der Waals surface area contributed by atoms with Crippen molar-refractivity contribution in [3.63, 3.8) is 0 Å². The summed E-state index contributed by atoms with van der Waals surface area (Å²) in [6.07, 6.45) is 0.894. The summed E-state index contributed by atoms with van der Waals surface area (Å²) in [7, 11) is 1.50. The number of anilines is 2. The second-order valence-electron chi connectivity index (χ2n) is 4.54. The van der Waals surface area contributed by atoms with Crippen molar-refractivity contribution in [1.29, 1.82) is 0 Å². The third kappa shape index (κ3) is 3.72. The number of nitrogens with zero attached hydrogens (tertiary/aromatic N) is 2. The smallest absolute Gasteiger partial charge is 0.330 e. The van der Waals surface area contributed by atoms with Crippen LogP contribution >= 0.6 is 0 Å². The molecule has 0 fully saturated rings. The molecule has 0 aromatic carbocycles. The van der Waals surface area contributed by atoms with Gasteiger partial charge in [0.15, 0.2) is 5.69 Å². The lowest BCUT2D eigenvalue weighted by Gasteiger charge is -2.23. The zero-order valence-electron chi connectivity index (χ0n) is 12.6. The normalized spacial score (nSPS) is 10.6. The van der Waals surface area contributed by atoms with Gasteiger partial charge >= 0.3 is 5.69 Å². The second-order valence-corrected chi connectivity index (χ2v) is 4.54. The highest BCUT2D eigenvalue weighted by molar-refractivity contribution is 5.95. The Morgan fingerprint density at radius 1 is 1.38 bits per heavy atom. The molecule has 1 rings (SSSR count). The van der Waals surface area contributed by atoms with Crippen LogP contribution in [0.3, 0.4) is 0 Å². The Balaban J connectivity index is 3.42. The Kier molecular flexibility index (Phi) is 6.16. The molecule has 0 saturated carbocycles. The van der Waals surface area contributed by atoms with E-state index in [2.05, 4.69) is 4.98 Å². The molecule has 1 heterocycles. The molecule has 118 valence electrons. The van der Waals surface area contributed by atoms with Crippen molar-refractivity contribution < 1.29 is 9.53 Å². The van der Waals surface area contributed by atoms with Crippen LogP contribution in [0.5, 0.6) is 0 Å². The second kappa shape index (κ2) is 7.63. The summed E-state index contributed by atoms with van der Waals surface area (Å²) >= 11 is 0. The summed E-state index contributed by atoms with van der Waals surface area (Å²) in [5, 5.41) is 0. The number of hydrogen-bond acceptors (Lipinski definition) is 5. The fourth-order valence-corrected chi connectivity index (χ4v) is 2.02. The van der Waals surface area contributed by atoms with Gasteiger partial charge in [-0.2, -0.15) is 0 Å². The van der Waals surface area contributed by atoms with Gasteiger partial charge in [-0.15, -0.1) is 0 Å². The van der Waals surface area contributed by atoms with E-state index in [0.29, 0.717) is 13.0 Å². The summed E-state index contributed by atoms with van der Waals surface area (Å²) in [6.45, 7) is 4.40.